The van der Waals surface area contributed by atoms with Gasteiger partial charge >= 0.3 is 6.61 Å². The van der Waals surface area contributed by atoms with E-state index in [4.69, 9.17) is 0 Å². The van der Waals surface area contributed by atoms with Crippen molar-refractivity contribution in [1.29, 1.82) is 0 Å². The molecule has 0 aliphatic rings. The summed E-state index contributed by atoms with van der Waals surface area (Å²) < 4.78 is 53.3. The molecule has 0 saturated heterocycles. The molecule has 0 aliphatic carbocycles. The van der Waals surface area contributed by atoms with Crippen LogP contribution in [0.4, 0.5) is 17.6 Å². The van der Waals surface area contributed by atoms with E-state index in [1.165, 1.54) is 6.92 Å². The standard InChI is InChI=1S/C10H7F4IO2/c1-4(16)6-2-5(9(11)12)3-7(8(6)15)17-10(13)14/h2-3,9-10H,1H3. The first-order chi connectivity index (χ1) is 7.82. The molecule has 0 radical (unpaired) electrons. The van der Waals surface area contributed by atoms with E-state index in [1.807, 2.05) is 0 Å². The molecular weight excluding hydrogens is 355 g/mol. The number of ether oxygens (including phenoxy) is 1. The van der Waals surface area contributed by atoms with Crippen LogP contribution in [0.2, 0.25) is 0 Å². The fourth-order valence-corrected chi connectivity index (χ4v) is 2.00. The maximum Gasteiger partial charge on any atom is 0.387 e. The summed E-state index contributed by atoms with van der Waals surface area (Å²) >= 11 is 1.61. The molecule has 0 unspecified atom stereocenters. The maximum absolute atomic E-state index is 12.5. The summed E-state index contributed by atoms with van der Waals surface area (Å²) in [6.07, 6.45) is -2.86. The SMILES string of the molecule is CC(=O)c1cc(C(F)F)cc(OC(F)F)c1I. The van der Waals surface area contributed by atoms with Crippen molar-refractivity contribution in [3.8, 4) is 5.75 Å². The van der Waals surface area contributed by atoms with Crippen LogP contribution in [0.5, 0.6) is 5.75 Å². The molecule has 0 fully saturated rings. The monoisotopic (exact) mass is 362 g/mol. The summed E-state index contributed by atoms with van der Waals surface area (Å²) in [7, 11) is 0. The number of carbonyl (C=O) groups is 1. The molecule has 94 valence electrons. The Labute approximate surface area is 108 Å². The van der Waals surface area contributed by atoms with Gasteiger partial charge in [0.1, 0.15) is 5.75 Å². The number of Topliss-reactive ketones (excluding diaryl/α,β-unsaturated/α-hetero) is 1. The van der Waals surface area contributed by atoms with Gasteiger partial charge in [0, 0.05) is 11.1 Å². The quantitative estimate of drug-likeness (QED) is 0.459. The van der Waals surface area contributed by atoms with Gasteiger partial charge in [-0.1, -0.05) is 0 Å². The fraction of sp³-hybridized carbons (Fsp3) is 0.300. The molecule has 7 heteroatoms. The first kappa shape index (κ1) is 14.2. The van der Waals surface area contributed by atoms with Gasteiger partial charge in [-0.05, 0) is 41.6 Å². The average molecular weight is 362 g/mol. The van der Waals surface area contributed by atoms with Crippen molar-refractivity contribution in [3.05, 3.63) is 26.8 Å². The van der Waals surface area contributed by atoms with E-state index in [1.54, 1.807) is 22.6 Å². The van der Waals surface area contributed by atoms with Crippen LogP contribution in [-0.4, -0.2) is 12.4 Å². The minimum atomic E-state index is -3.13. The largest absolute Gasteiger partial charge is 0.434 e. The van der Waals surface area contributed by atoms with E-state index < -0.39 is 30.1 Å². The lowest BCUT2D eigenvalue weighted by Crippen LogP contribution is -2.07. The highest BCUT2D eigenvalue weighted by molar-refractivity contribution is 14.1. The van der Waals surface area contributed by atoms with Gasteiger partial charge in [-0.25, -0.2) is 8.78 Å². The van der Waals surface area contributed by atoms with Crippen molar-refractivity contribution >= 4 is 28.4 Å². The van der Waals surface area contributed by atoms with Crippen LogP contribution in [0.1, 0.15) is 29.3 Å². The van der Waals surface area contributed by atoms with E-state index in [0.717, 1.165) is 12.1 Å². The summed E-state index contributed by atoms with van der Waals surface area (Å²) in [5.74, 6) is -0.903. The first-order valence-electron chi connectivity index (χ1n) is 4.40. The molecule has 2 nitrogen and oxygen atoms in total. The van der Waals surface area contributed by atoms with Crippen LogP contribution in [0.25, 0.3) is 0 Å². The Morgan fingerprint density at radius 1 is 1.29 bits per heavy atom. The van der Waals surface area contributed by atoms with Crippen molar-refractivity contribution < 1.29 is 27.1 Å². The van der Waals surface area contributed by atoms with Gasteiger partial charge < -0.3 is 4.74 Å². The van der Waals surface area contributed by atoms with Gasteiger partial charge in [0.25, 0.3) is 6.43 Å². The molecule has 1 aromatic rings. The Kier molecular flexibility index (Phi) is 4.72. The number of benzene rings is 1. The van der Waals surface area contributed by atoms with Crippen molar-refractivity contribution in [3.63, 3.8) is 0 Å². The molecule has 0 aliphatic heterocycles. The van der Waals surface area contributed by atoms with Crippen molar-refractivity contribution in [2.75, 3.05) is 0 Å². The van der Waals surface area contributed by atoms with Crippen LogP contribution in [-0.2, 0) is 0 Å². The third kappa shape index (κ3) is 3.55. The van der Waals surface area contributed by atoms with Crippen LogP contribution < -0.4 is 4.74 Å². The van der Waals surface area contributed by atoms with Gasteiger partial charge in [0.05, 0.1) is 3.57 Å². The second-order valence-corrected chi connectivity index (χ2v) is 4.19. The third-order valence-corrected chi connectivity index (χ3v) is 3.02. The number of halogens is 5. The van der Waals surface area contributed by atoms with Gasteiger partial charge in [0.15, 0.2) is 5.78 Å². The Bertz CT molecular complexity index is 435. The molecule has 17 heavy (non-hydrogen) atoms. The second-order valence-electron chi connectivity index (χ2n) is 3.12. The van der Waals surface area contributed by atoms with E-state index in [2.05, 4.69) is 4.74 Å². The Balaban J connectivity index is 3.32. The smallest absolute Gasteiger partial charge is 0.387 e. The van der Waals surface area contributed by atoms with E-state index in [9.17, 15) is 22.4 Å². The number of rotatable bonds is 4. The Morgan fingerprint density at radius 2 is 1.88 bits per heavy atom. The summed E-state index contributed by atoms with van der Waals surface area (Å²) in [6.45, 7) is -1.96. The highest BCUT2D eigenvalue weighted by Gasteiger charge is 2.19. The molecule has 0 spiro atoms. The lowest BCUT2D eigenvalue weighted by atomic mass is 10.1. The highest BCUT2D eigenvalue weighted by Crippen LogP contribution is 2.32. The average Bonchev–Trinajstić information content (AvgIpc) is 2.19. The highest BCUT2D eigenvalue weighted by atomic mass is 127. The third-order valence-electron chi connectivity index (χ3n) is 1.91. The topological polar surface area (TPSA) is 26.3 Å². The molecule has 1 aromatic carbocycles. The number of carbonyl (C=O) groups excluding carboxylic acids is 1. The molecule has 0 bridgehead atoms. The zero-order chi connectivity index (χ0) is 13.2. The minimum Gasteiger partial charge on any atom is -0.434 e. The molecule has 0 saturated carbocycles. The summed E-state index contributed by atoms with van der Waals surface area (Å²) in [6, 6.07) is 1.79. The van der Waals surface area contributed by atoms with Crippen LogP contribution in [0, 0.1) is 3.57 Å². The summed E-state index contributed by atoms with van der Waals surface area (Å²) in [5.41, 5.74) is -0.578. The van der Waals surface area contributed by atoms with Crippen molar-refractivity contribution in [2.45, 2.75) is 20.0 Å². The van der Waals surface area contributed by atoms with Gasteiger partial charge in [0.2, 0.25) is 0 Å². The first-order valence-corrected chi connectivity index (χ1v) is 5.48. The lowest BCUT2D eigenvalue weighted by molar-refractivity contribution is -0.0506. The van der Waals surface area contributed by atoms with Crippen molar-refractivity contribution in [2.24, 2.45) is 0 Å². The number of hydrogen-bond donors (Lipinski definition) is 0. The molecule has 0 N–H and O–H groups in total. The van der Waals surface area contributed by atoms with Gasteiger partial charge in [-0.3, -0.25) is 4.79 Å². The zero-order valence-electron chi connectivity index (χ0n) is 8.52. The second kappa shape index (κ2) is 5.65. The van der Waals surface area contributed by atoms with Gasteiger partial charge in [-0.15, -0.1) is 0 Å². The fourth-order valence-electron chi connectivity index (χ4n) is 1.18. The predicted octanol–water partition coefficient (Wildman–Crippen LogP) is 4.03. The van der Waals surface area contributed by atoms with Gasteiger partial charge in [-0.2, -0.15) is 8.78 Å². The molecule has 0 atom stereocenters. The Hall–Kier alpha value is -0.860. The lowest BCUT2D eigenvalue weighted by Gasteiger charge is -2.12. The molecule has 0 heterocycles. The molecule has 1 rings (SSSR count). The van der Waals surface area contributed by atoms with E-state index >= 15 is 0 Å². The Morgan fingerprint density at radius 3 is 2.29 bits per heavy atom. The predicted molar refractivity (Wildman–Crippen MR) is 60.8 cm³/mol. The van der Waals surface area contributed by atoms with Crippen molar-refractivity contribution in [1.82, 2.24) is 0 Å². The normalized spacial score (nSPS) is 11.1. The maximum atomic E-state index is 12.5. The number of ketones is 1. The van der Waals surface area contributed by atoms with Crippen LogP contribution in [0.3, 0.4) is 0 Å². The van der Waals surface area contributed by atoms with E-state index in [-0.39, 0.29) is 9.13 Å². The summed E-state index contributed by atoms with van der Waals surface area (Å²) in [5, 5.41) is 0. The molecule has 0 aromatic heterocycles. The van der Waals surface area contributed by atoms with Crippen LogP contribution >= 0.6 is 22.6 Å². The molecule has 0 amide bonds. The summed E-state index contributed by atoms with van der Waals surface area (Å²) in [4.78, 5) is 11.2. The zero-order valence-corrected chi connectivity index (χ0v) is 10.7. The molecular formula is C10H7F4IO2. The number of alkyl halides is 4. The number of hydrogen-bond acceptors (Lipinski definition) is 2. The minimum absolute atomic E-state index is 0.0564. The van der Waals surface area contributed by atoms with Crippen LogP contribution in [0.15, 0.2) is 12.1 Å². The van der Waals surface area contributed by atoms with E-state index in [0.29, 0.717) is 0 Å².